The van der Waals surface area contributed by atoms with Crippen molar-refractivity contribution in [2.24, 2.45) is 0 Å². The molecule has 1 rings (SSSR count). The fraction of sp³-hybridized carbons (Fsp3) is 0.900. The van der Waals surface area contributed by atoms with Crippen LogP contribution in [0.25, 0.3) is 0 Å². The first-order chi connectivity index (χ1) is 6.22. The zero-order valence-electron chi connectivity index (χ0n) is 8.58. The summed E-state index contributed by atoms with van der Waals surface area (Å²) in [4.78, 5) is 13.1. The molecule has 0 N–H and O–H groups in total. The number of carbonyl (C=O) groups is 1. The molecule has 1 aliphatic rings. The number of hydrogen-bond donors (Lipinski definition) is 0. The van der Waals surface area contributed by atoms with E-state index < -0.39 is 0 Å². The van der Waals surface area contributed by atoms with E-state index in [4.69, 9.17) is 4.74 Å². The van der Waals surface area contributed by atoms with Gasteiger partial charge in [-0.05, 0) is 32.4 Å². The van der Waals surface area contributed by atoms with Gasteiger partial charge in [0, 0.05) is 13.5 Å². The molecule has 1 saturated heterocycles. The summed E-state index contributed by atoms with van der Waals surface area (Å²) in [5, 5.41) is 0. The molecular weight excluding hydrogens is 166 g/mol. The van der Waals surface area contributed by atoms with Crippen molar-refractivity contribution in [2.75, 3.05) is 19.6 Å². The number of hydrogen-bond acceptors (Lipinski definition) is 3. The van der Waals surface area contributed by atoms with Gasteiger partial charge in [-0.25, -0.2) is 0 Å². The predicted octanol–water partition coefficient (Wildman–Crippen LogP) is 1.42. The number of likely N-dealkylation sites (tertiary alicyclic amines) is 1. The summed E-state index contributed by atoms with van der Waals surface area (Å²) in [5.41, 5.74) is 0. The van der Waals surface area contributed by atoms with Crippen molar-refractivity contribution in [1.29, 1.82) is 0 Å². The summed E-state index contributed by atoms with van der Waals surface area (Å²) >= 11 is 0. The lowest BCUT2D eigenvalue weighted by molar-refractivity contribution is -0.147. The van der Waals surface area contributed by atoms with Crippen molar-refractivity contribution in [3.05, 3.63) is 0 Å². The molecule has 1 atom stereocenters. The van der Waals surface area contributed by atoms with Crippen LogP contribution in [-0.4, -0.2) is 36.6 Å². The van der Waals surface area contributed by atoms with Crippen LogP contribution < -0.4 is 0 Å². The Kier molecular flexibility index (Phi) is 4.22. The van der Waals surface area contributed by atoms with Gasteiger partial charge in [-0.1, -0.05) is 6.92 Å². The minimum Gasteiger partial charge on any atom is -0.461 e. The SMILES string of the molecule is CCC(CN1CCCC1)OC(C)=O. The molecule has 1 unspecified atom stereocenters. The van der Waals surface area contributed by atoms with Crippen molar-refractivity contribution in [2.45, 2.75) is 39.2 Å². The van der Waals surface area contributed by atoms with Crippen LogP contribution in [0.2, 0.25) is 0 Å². The molecule has 0 radical (unpaired) electrons. The Bertz CT molecular complexity index is 164. The molecule has 0 amide bonds. The van der Waals surface area contributed by atoms with E-state index in [0.29, 0.717) is 0 Å². The first-order valence-electron chi connectivity index (χ1n) is 5.12. The average Bonchev–Trinajstić information content (AvgIpc) is 2.55. The Hall–Kier alpha value is -0.570. The lowest BCUT2D eigenvalue weighted by atomic mass is 10.2. The average molecular weight is 185 g/mol. The number of ether oxygens (including phenoxy) is 1. The normalized spacial score (nSPS) is 20.2. The molecule has 0 aromatic carbocycles. The van der Waals surface area contributed by atoms with E-state index in [2.05, 4.69) is 11.8 Å². The maximum atomic E-state index is 10.7. The summed E-state index contributed by atoms with van der Waals surface area (Å²) < 4.78 is 5.18. The molecule has 0 spiro atoms. The zero-order chi connectivity index (χ0) is 9.68. The quantitative estimate of drug-likeness (QED) is 0.620. The standard InChI is InChI=1S/C10H19NO2/c1-3-10(13-9(2)12)8-11-6-4-5-7-11/h10H,3-8H2,1-2H3. The highest BCUT2D eigenvalue weighted by molar-refractivity contribution is 5.66. The number of esters is 1. The number of rotatable bonds is 4. The molecule has 13 heavy (non-hydrogen) atoms. The molecular formula is C10H19NO2. The molecule has 3 heteroatoms. The maximum absolute atomic E-state index is 10.7. The smallest absolute Gasteiger partial charge is 0.302 e. The van der Waals surface area contributed by atoms with Gasteiger partial charge >= 0.3 is 5.97 Å². The van der Waals surface area contributed by atoms with E-state index in [1.54, 1.807) is 0 Å². The summed E-state index contributed by atoms with van der Waals surface area (Å²) in [6.07, 6.45) is 3.58. The van der Waals surface area contributed by atoms with Gasteiger partial charge < -0.3 is 4.74 Å². The maximum Gasteiger partial charge on any atom is 0.302 e. The summed E-state index contributed by atoms with van der Waals surface area (Å²) in [7, 11) is 0. The van der Waals surface area contributed by atoms with E-state index >= 15 is 0 Å². The van der Waals surface area contributed by atoms with Gasteiger partial charge in [0.15, 0.2) is 0 Å². The first-order valence-corrected chi connectivity index (χ1v) is 5.12. The van der Waals surface area contributed by atoms with Crippen LogP contribution in [0.4, 0.5) is 0 Å². The minimum atomic E-state index is -0.161. The van der Waals surface area contributed by atoms with Gasteiger partial charge in [-0.3, -0.25) is 9.69 Å². The fourth-order valence-electron chi connectivity index (χ4n) is 1.74. The van der Waals surface area contributed by atoms with Gasteiger partial charge in [0.05, 0.1) is 0 Å². The number of nitrogens with zero attached hydrogens (tertiary/aromatic N) is 1. The Balaban J connectivity index is 2.25. The Morgan fingerprint density at radius 3 is 2.54 bits per heavy atom. The van der Waals surface area contributed by atoms with Crippen LogP contribution in [0, 0.1) is 0 Å². The second-order valence-electron chi connectivity index (χ2n) is 3.65. The molecule has 76 valence electrons. The summed E-state index contributed by atoms with van der Waals surface area (Å²) in [5.74, 6) is -0.161. The predicted molar refractivity (Wildman–Crippen MR) is 51.5 cm³/mol. The van der Waals surface area contributed by atoms with Crippen LogP contribution in [0.3, 0.4) is 0 Å². The van der Waals surface area contributed by atoms with Crippen molar-refractivity contribution in [1.82, 2.24) is 4.90 Å². The highest BCUT2D eigenvalue weighted by atomic mass is 16.5. The molecule has 1 fully saturated rings. The van der Waals surface area contributed by atoms with Gasteiger partial charge in [-0.2, -0.15) is 0 Å². The molecule has 3 nitrogen and oxygen atoms in total. The molecule has 0 bridgehead atoms. The third kappa shape index (κ3) is 3.77. The Morgan fingerprint density at radius 1 is 1.46 bits per heavy atom. The monoisotopic (exact) mass is 185 g/mol. The summed E-state index contributed by atoms with van der Waals surface area (Å²) in [6.45, 7) is 6.78. The third-order valence-corrected chi connectivity index (χ3v) is 2.45. The van der Waals surface area contributed by atoms with Crippen LogP contribution in [0.5, 0.6) is 0 Å². The number of carbonyl (C=O) groups excluding carboxylic acids is 1. The second kappa shape index (κ2) is 5.22. The Morgan fingerprint density at radius 2 is 2.08 bits per heavy atom. The van der Waals surface area contributed by atoms with Crippen molar-refractivity contribution in [3.63, 3.8) is 0 Å². The van der Waals surface area contributed by atoms with Crippen LogP contribution in [0.15, 0.2) is 0 Å². The fourth-order valence-corrected chi connectivity index (χ4v) is 1.74. The lowest BCUT2D eigenvalue weighted by Gasteiger charge is -2.21. The van der Waals surface area contributed by atoms with Crippen LogP contribution >= 0.6 is 0 Å². The van der Waals surface area contributed by atoms with E-state index in [0.717, 1.165) is 26.1 Å². The van der Waals surface area contributed by atoms with Crippen LogP contribution in [-0.2, 0) is 9.53 Å². The van der Waals surface area contributed by atoms with E-state index in [1.807, 2.05) is 0 Å². The lowest BCUT2D eigenvalue weighted by Crippen LogP contribution is -2.32. The van der Waals surface area contributed by atoms with Crippen molar-refractivity contribution >= 4 is 5.97 Å². The van der Waals surface area contributed by atoms with E-state index in [1.165, 1.54) is 19.8 Å². The van der Waals surface area contributed by atoms with E-state index in [9.17, 15) is 4.79 Å². The highest BCUT2D eigenvalue weighted by Gasteiger charge is 2.17. The highest BCUT2D eigenvalue weighted by Crippen LogP contribution is 2.10. The topological polar surface area (TPSA) is 29.5 Å². The van der Waals surface area contributed by atoms with Crippen molar-refractivity contribution < 1.29 is 9.53 Å². The largest absolute Gasteiger partial charge is 0.461 e. The molecule has 1 heterocycles. The third-order valence-electron chi connectivity index (χ3n) is 2.45. The van der Waals surface area contributed by atoms with Gasteiger partial charge in [-0.15, -0.1) is 0 Å². The molecule has 0 saturated carbocycles. The zero-order valence-corrected chi connectivity index (χ0v) is 8.58. The molecule has 1 aliphatic heterocycles. The van der Waals surface area contributed by atoms with Gasteiger partial charge in [0.2, 0.25) is 0 Å². The second-order valence-corrected chi connectivity index (χ2v) is 3.65. The van der Waals surface area contributed by atoms with Crippen LogP contribution in [0.1, 0.15) is 33.1 Å². The van der Waals surface area contributed by atoms with E-state index in [-0.39, 0.29) is 12.1 Å². The minimum absolute atomic E-state index is 0.0931. The summed E-state index contributed by atoms with van der Waals surface area (Å²) in [6, 6.07) is 0. The first kappa shape index (κ1) is 10.5. The molecule has 0 aliphatic carbocycles. The van der Waals surface area contributed by atoms with Crippen molar-refractivity contribution in [3.8, 4) is 0 Å². The van der Waals surface area contributed by atoms with Gasteiger partial charge in [0.25, 0.3) is 0 Å². The molecule has 0 aromatic heterocycles. The Labute approximate surface area is 80.1 Å². The molecule has 0 aromatic rings. The van der Waals surface area contributed by atoms with Gasteiger partial charge in [0.1, 0.15) is 6.10 Å².